The first kappa shape index (κ1) is 9.86. The van der Waals surface area contributed by atoms with E-state index in [9.17, 15) is 0 Å². The number of nitrogens with one attached hydrogen (secondary N) is 2. The Morgan fingerprint density at radius 2 is 2.50 bits per heavy atom. The highest BCUT2D eigenvalue weighted by atomic mass is 32.2. The van der Waals surface area contributed by atoms with E-state index in [-0.39, 0.29) is 0 Å². The highest BCUT2D eigenvalue weighted by Crippen LogP contribution is 2.35. The van der Waals surface area contributed by atoms with Crippen LogP contribution in [0.3, 0.4) is 0 Å². The van der Waals surface area contributed by atoms with E-state index < -0.39 is 0 Å². The number of hydrogen-bond donors (Lipinski definition) is 2. The molecule has 0 aliphatic carbocycles. The molecule has 76 valence electrons. The summed E-state index contributed by atoms with van der Waals surface area (Å²) < 4.78 is 3.18. The number of thiophene rings is 1. The van der Waals surface area contributed by atoms with Gasteiger partial charge >= 0.3 is 0 Å². The van der Waals surface area contributed by atoms with Gasteiger partial charge < -0.3 is 5.32 Å². The number of aliphatic imine (C=N–C) groups is 1. The molecular formula is C9H13N3S2. The predicted octanol–water partition coefficient (Wildman–Crippen LogP) is 2.74. The Morgan fingerprint density at radius 1 is 1.57 bits per heavy atom. The summed E-state index contributed by atoms with van der Waals surface area (Å²) >= 11 is 3.31. The van der Waals surface area contributed by atoms with Gasteiger partial charge in [-0.15, -0.1) is 11.3 Å². The van der Waals surface area contributed by atoms with Crippen LogP contribution in [0.4, 0.5) is 5.00 Å². The van der Waals surface area contributed by atoms with Gasteiger partial charge in [0.1, 0.15) is 5.00 Å². The molecule has 0 amide bonds. The van der Waals surface area contributed by atoms with Crippen LogP contribution in [0.25, 0.3) is 0 Å². The van der Waals surface area contributed by atoms with Gasteiger partial charge in [0.05, 0.1) is 4.90 Å². The number of rotatable bonds is 3. The Bertz CT molecular complexity index is 333. The summed E-state index contributed by atoms with van der Waals surface area (Å²) in [6, 6.07) is 2.09. The van der Waals surface area contributed by atoms with Crippen LogP contribution in [-0.2, 0) is 0 Å². The fourth-order valence-corrected chi connectivity index (χ4v) is 2.75. The van der Waals surface area contributed by atoms with E-state index in [0.29, 0.717) is 0 Å². The maximum absolute atomic E-state index is 4.47. The zero-order valence-corrected chi connectivity index (χ0v) is 9.67. The predicted molar refractivity (Wildman–Crippen MR) is 63.3 cm³/mol. The van der Waals surface area contributed by atoms with Crippen molar-refractivity contribution in [2.45, 2.75) is 24.7 Å². The van der Waals surface area contributed by atoms with E-state index in [2.05, 4.69) is 33.4 Å². The van der Waals surface area contributed by atoms with Crippen molar-refractivity contribution in [1.29, 1.82) is 0 Å². The molecule has 0 spiro atoms. The fraction of sp³-hybridized carbons (Fsp3) is 0.444. The average Bonchev–Trinajstić information content (AvgIpc) is 2.65. The molecule has 0 atom stereocenters. The molecule has 1 aliphatic rings. The van der Waals surface area contributed by atoms with Crippen molar-refractivity contribution in [2.24, 2.45) is 4.99 Å². The molecule has 14 heavy (non-hydrogen) atoms. The molecule has 0 aromatic carbocycles. The molecule has 1 aromatic heterocycles. The quantitative estimate of drug-likeness (QED) is 0.616. The van der Waals surface area contributed by atoms with Crippen LogP contribution in [0.1, 0.15) is 19.8 Å². The molecule has 0 bridgehead atoms. The van der Waals surface area contributed by atoms with Crippen LogP contribution in [0, 0.1) is 0 Å². The van der Waals surface area contributed by atoms with Crippen molar-refractivity contribution in [3.05, 3.63) is 11.4 Å². The summed E-state index contributed by atoms with van der Waals surface area (Å²) in [6.45, 7) is 3.17. The smallest absolute Gasteiger partial charge is 0.207 e. The normalized spacial score (nSPS) is 14.2. The first-order chi connectivity index (χ1) is 6.90. The summed E-state index contributed by atoms with van der Waals surface area (Å²) in [5.41, 5.74) is 0. The van der Waals surface area contributed by atoms with Gasteiger partial charge in [-0.25, -0.2) is 4.99 Å². The van der Waals surface area contributed by atoms with Gasteiger partial charge in [-0.05, 0) is 29.8 Å². The zero-order valence-electron chi connectivity index (χ0n) is 8.04. The van der Waals surface area contributed by atoms with Crippen molar-refractivity contribution in [1.82, 2.24) is 10.0 Å². The van der Waals surface area contributed by atoms with Gasteiger partial charge in [0.25, 0.3) is 0 Å². The second-order valence-corrected chi connectivity index (χ2v) is 4.78. The van der Waals surface area contributed by atoms with Gasteiger partial charge in [0, 0.05) is 6.54 Å². The van der Waals surface area contributed by atoms with Crippen LogP contribution in [0.15, 0.2) is 21.3 Å². The third-order valence-electron chi connectivity index (χ3n) is 1.90. The molecule has 0 saturated carbocycles. The Morgan fingerprint density at radius 3 is 3.36 bits per heavy atom. The van der Waals surface area contributed by atoms with Crippen LogP contribution in [-0.4, -0.2) is 12.5 Å². The van der Waals surface area contributed by atoms with E-state index in [4.69, 9.17) is 0 Å². The first-order valence-electron chi connectivity index (χ1n) is 4.73. The Labute approximate surface area is 92.1 Å². The molecule has 0 fully saturated rings. The number of guanidine groups is 1. The molecule has 2 N–H and O–H groups in total. The maximum Gasteiger partial charge on any atom is 0.207 e. The van der Waals surface area contributed by atoms with Crippen LogP contribution in [0.2, 0.25) is 0 Å². The molecular weight excluding hydrogens is 214 g/mol. The molecule has 5 heteroatoms. The first-order valence-corrected chi connectivity index (χ1v) is 6.42. The summed E-state index contributed by atoms with van der Waals surface area (Å²) in [6.07, 6.45) is 2.39. The summed E-state index contributed by atoms with van der Waals surface area (Å²) in [5.74, 6) is 0.887. The minimum absolute atomic E-state index is 0.887. The molecule has 2 heterocycles. The lowest BCUT2D eigenvalue weighted by molar-refractivity contribution is 0.748. The van der Waals surface area contributed by atoms with E-state index in [1.54, 1.807) is 23.3 Å². The number of nitrogens with zero attached hydrogens (tertiary/aromatic N) is 1. The minimum atomic E-state index is 0.887. The lowest BCUT2D eigenvalue weighted by Crippen LogP contribution is -2.34. The fourth-order valence-electron chi connectivity index (χ4n) is 1.14. The van der Waals surface area contributed by atoms with Crippen molar-refractivity contribution in [3.8, 4) is 0 Å². The van der Waals surface area contributed by atoms with Gasteiger partial charge in [-0.1, -0.05) is 13.3 Å². The van der Waals surface area contributed by atoms with Gasteiger partial charge in [-0.3, -0.25) is 4.72 Å². The second-order valence-electron chi connectivity index (χ2n) is 3.03. The molecule has 2 rings (SSSR count). The Balaban J connectivity index is 1.96. The molecule has 3 nitrogen and oxygen atoms in total. The van der Waals surface area contributed by atoms with Crippen molar-refractivity contribution >= 4 is 34.2 Å². The Hall–Kier alpha value is -0.680. The maximum atomic E-state index is 4.47. The molecule has 0 unspecified atom stereocenters. The number of fused-ring (bicyclic) bond motifs is 1. The lowest BCUT2D eigenvalue weighted by atomic mass is 10.3. The zero-order chi connectivity index (χ0) is 9.80. The third kappa shape index (κ3) is 2.22. The molecule has 1 aromatic rings. The van der Waals surface area contributed by atoms with E-state index >= 15 is 0 Å². The van der Waals surface area contributed by atoms with E-state index in [0.717, 1.165) is 17.5 Å². The second kappa shape index (κ2) is 4.70. The number of unbranched alkanes of at least 4 members (excludes halogenated alkanes) is 1. The SMILES string of the molecule is CCCCNC1=Nc2sccc2SN1. The van der Waals surface area contributed by atoms with E-state index in [1.807, 2.05) is 0 Å². The van der Waals surface area contributed by atoms with E-state index in [1.165, 1.54) is 17.7 Å². The number of hydrogen-bond acceptors (Lipinski definition) is 5. The Kier molecular flexibility index (Phi) is 3.31. The van der Waals surface area contributed by atoms with Gasteiger partial charge in [0.15, 0.2) is 0 Å². The monoisotopic (exact) mass is 227 g/mol. The summed E-state index contributed by atoms with van der Waals surface area (Å²) in [4.78, 5) is 5.69. The van der Waals surface area contributed by atoms with Crippen molar-refractivity contribution < 1.29 is 0 Å². The molecule has 1 aliphatic heterocycles. The molecule has 0 radical (unpaired) electrons. The third-order valence-corrected chi connectivity index (χ3v) is 3.68. The average molecular weight is 227 g/mol. The van der Waals surface area contributed by atoms with Crippen LogP contribution < -0.4 is 10.0 Å². The highest BCUT2D eigenvalue weighted by molar-refractivity contribution is 7.98. The highest BCUT2D eigenvalue weighted by Gasteiger charge is 2.12. The minimum Gasteiger partial charge on any atom is -0.355 e. The summed E-state index contributed by atoms with van der Waals surface area (Å²) in [7, 11) is 0. The summed E-state index contributed by atoms with van der Waals surface area (Å²) in [5, 5.41) is 6.45. The lowest BCUT2D eigenvalue weighted by Gasteiger charge is -2.14. The van der Waals surface area contributed by atoms with Gasteiger partial charge in [-0.2, -0.15) is 0 Å². The topological polar surface area (TPSA) is 36.4 Å². The standard InChI is InChI=1S/C9H13N3S2/c1-2-3-5-10-9-11-8-7(14-12-9)4-6-13-8/h4,6H,2-3,5H2,1H3,(H2,10,11,12). The van der Waals surface area contributed by atoms with Crippen molar-refractivity contribution in [3.63, 3.8) is 0 Å². The molecule has 0 saturated heterocycles. The largest absolute Gasteiger partial charge is 0.355 e. The van der Waals surface area contributed by atoms with Crippen LogP contribution in [0.5, 0.6) is 0 Å². The van der Waals surface area contributed by atoms with Crippen molar-refractivity contribution in [2.75, 3.05) is 6.54 Å². The van der Waals surface area contributed by atoms with Crippen LogP contribution >= 0.6 is 23.3 Å². The van der Waals surface area contributed by atoms with Gasteiger partial charge in [0.2, 0.25) is 5.96 Å².